The molecule has 122 valence electrons. The number of hydrogen-bond donors (Lipinski definition) is 1. The Balaban J connectivity index is 1.99. The quantitative estimate of drug-likeness (QED) is 0.838. The van der Waals surface area contributed by atoms with Crippen LogP contribution in [0.2, 0.25) is 0 Å². The molecular formula is C18H20BrFN2O. The van der Waals surface area contributed by atoms with Gasteiger partial charge in [-0.3, -0.25) is 9.69 Å². The van der Waals surface area contributed by atoms with Gasteiger partial charge in [-0.2, -0.15) is 0 Å². The van der Waals surface area contributed by atoms with Crippen molar-refractivity contribution in [3.8, 4) is 0 Å². The molecule has 0 aliphatic carbocycles. The smallest absolute Gasteiger partial charge is 0.241 e. The first kappa shape index (κ1) is 17.6. The van der Waals surface area contributed by atoms with Crippen molar-refractivity contribution in [3.05, 3.63) is 63.9 Å². The van der Waals surface area contributed by atoms with Crippen LogP contribution in [0.3, 0.4) is 0 Å². The fourth-order valence-electron chi connectivity index (χ4n) is 2.15. The SMILES string of the molecule is Cc1ccc(CN(C)C(C)C(=O)Nc2ccc(Br)cc2F)cc1. The summed E-state index contributed by atoms with van der Waals surface area (Å²) in [6.45, 7) is 4.49. The summed E-state index contributed by atoms with van der Waals surface area (Å²) in [5.74, 6) is -0.693. The average molecular weight is 379 g/mol. The van der Waals surface area contributed by atoms with Crippen molar-refractivity contribution < 1.29 is 9.18 Å². The van der Waals surface area contributed by atoms with Crippen LogP contribution in [0.4, 0.5) is 10.1 Å². The van der Waals surface area contributed by atoms with Gasteiger partial charge in [0, 0.05) is 11.0 Å². The third-order valence-electron chi connectivity index (χ3n) is 3.78. The largest absolute Gasteiger partial charge is 0.322 e. The molecule has 0 saturated carbocycles. The van der Waals surface area contributed by atoms with E-state index in [4.69, 9.17) is 0 Å². The third-order valence-corrected chi connectivity index (χ3v) is 4.28. The molecule has 0 heterocycles. The van der Waals surface area contributed by atoms with Crippen LogP contribution >= 0.6 is 15.9 Å². The van der Waals surface area contributed by atoms with Crippen LogP contribution in [-0.2, 0) is 11.3 Å². The highest BCUT2D eigenvalue weighted by molar-refractivity contribution is 9.10. The first-order chi connectivity index (χ1) is 10.9. The Hall–Kier alpha value is -1.72. The zero-order valence-corrected chi connectivity index (χ0v) is 15.0. The monoisotopic (exact) mass is 378 g/mol. The molecular weight excluding hydrogens is 359 g/mol. The van der Waals surface area contributed by atoms with E-state index in [9.17, 15) is 9.18 Å². The number of benzene rings is 2. The number of likely N-dealkylation sites (N-methyl/N-ethyl adjacent to an activating group) is 1. The topological polar surface area (TPSA) is 32.3 Å². The summed E-state index contributed by atoms with van der Waals surface area (Å²) in [5.41, 5.74) is 2.52. The second-order valence-corrected chi connectivity index (χ2v) is 6.61. The molecule has 0 bridgehead atoms. The number of nitrogens with one attached hydrogen (secondary N) is 1. The fourth-order valence-corrected chi connectivity index (χ4v) is 2.48. The van der Waals surface area contributed by atoms with Crippen molar-refractivity contribution in [2.24, 2.45) is 0 Å². The Labute approximate surface area is 144 Å². The maximum Gasteiger partial charge on any atom is 0.241 e. The Kier molecular flexibility index (Phi) is 5.91. The van der Waals surface area contributed by atoms with Gasteiger partial charge in [0.1, 0.15) is 5.82 Å². The molecule has 1 atom stereocenters. The van der Waals surface area contributed by atoms with Crippen LogP contribution in [0.25, 0.3) is 0 Å². The molecule has 23 heavy (non-hydrogen) atoms. The summed E-state index contributed by atoms with van der Waals surface area (Å²) < 4.78 is 14.4. The van der Waals surface area contributed by atoms with Crippen LogP contribution in [0.5, 0.6) is 0 Å². The van der Waals surface area contributed by atoms with Crippen LogP contribution in [0, 0.1) is 12.7 Å². The van der Waals surface area contributed by atoms with E-state index in [0.717, 1.165) is 5.56 Å². The average Bonchev–Trinajstić information content (AvgIpc) is 2.51. The number of carbonyl (C=O) groups is 1. The van der Waals surface area contributed by atoms with Gasteiger partial charge in [-0.15, -0.1) is 0 Å². The number of anilines is 1. The lowest BCUT2D eigenvalue weighted by Gasteiger charge is -2.24. The molecule has 2 aromatic rings. The number of aryl methyl sites for hydroxylation is 1. The highest BCUT2D eigenvalue weighted by Crippen LogP contribution is 2.20. The van der Waals surface area contributed by atoms with E-state index in [1.54, 1.807) is 19.1 Å². The second kappa shape index (κ2) is 7.70. The van der Waals surface area contributed by atoms with E-state index < -0.39 is 5.82 Å². The van der Waals surface area contributed by atoms with E-state index in [1.807, 2.05) is 43.1 Å². The van der Waals surface area contributed by atoms with E-state index in [-0.39, 0.29) is 17.6 Å². The van der Waals surface area contributed by atoms with Crippen molar-refractivity contribution in [1.82, 2.24) is 4.90 Å². The Bertz CT molecular complexity index is 688. The van der Waals surface area contributed by atoms with E-state index >= 15 is 0 Å². The molecule has 1 unspecified atom stereocenters. The summed E-state index contributed by atoms with van der Waals surface area (Å²) in [5, 5.41) is 2.64. The first-order valence-corrected chi connectivity index (χ1v) is 8.18. The summed E-state index contributed by atoms with van der Waals surface area (Å²) in [6, 6.07) is 12.4. The second-order valence-electron chi connectivity index (χ2n) is 5.69. The van der Waals surface area contributed by atoms with Crippen LogP contribution in [0.1, 0.15) is 18.1 Å². The maximum absolute atomic E-state index is 13.8. The minimum atomic E-state index is -0.457. The zero-order valence-electron chi connectivity index (χ0n) is 13.4. The van der Waals surface area contributed by atoms with Gasteiger partial charge in [-0.05, 0) is 44.7 Å². The van der Waals surface area contributed by atoms with Gasteiger partial charge in [0.05, 0.1) is 11.7 Å². The third kappa shape index (κ3) is 4.88. The molecule has 1 N–H and O–H groups in total. The molecule has 2 aromatic carbocycles. The number of halogens is 2. The number of amides is 1. The molecule has 0 fully saturated rings. The van der Waals surface area contributed by atoms with Crippen molar-refractivity contribution >= 4 is 27.5 Å². The molecule has 0 aromatic heterocycles. The summed E-state index contributed by atoms with van der Waals surface area (Å²) in [7, 11) is 1.88. The van der Waals surface area contributed by atoms with Gasteiger partial charge in [0.15, 0.2) is 0 Å². The van der Waals surface area contributed by atoms with Crippen LogP contribution in [0.15, 0.2) is 46.9 Å². The van der Waals surface area contributed by atoms with Gasteiger partial charge >= 0.3 is 0 Å². The lowest BCUT2D eigenvalue weighted by Crippen LogP contribution is -2.39. The Morgan fingerprint density at radius 2 is 1.91 bits per heavy atom. The number of hydrogen-bond acceptors (Lipinski definition) is 2. The highest BCUT2D eigenvalue weighted by atomic mass is 79.9. The summed E-state index contributed by atoms with van der Waals surface area (Å²) in [6.07, 6.45) is 0. The summed E-state index contributed by atoms with van der Waals surface area (Å²) >= 11 is 3.20. The van der Waals surface area contributed by atoms with Crippen LogP contribution in [-0.4, -0.2) is 23.9 Å². The molecule has 0 radical (unpaired) electrons. The first-order valence-electron chi connectivity index (χ1n) is 7.38. The van der Waals surface area contributed by atoms with Gasteiger partial charge in [0.25, 0.3) is 0 Å². The lowest BCUT2D eigenvalue weighted by atomic mass is 10.1. The minimum absolute atomic E-state index is 0.189. The Morgan fingerprint density at radius 3 is 2.52 bits per heavy atom. The van der Waals surface area contributed by atoms with E-state index in [1.165, 1.54) is 11.6 Å². The zero-order chi connectivity index (χ0) is 17.0. The molecule has 1 amide bonds. The number of rotatable bonds is 5. The standard InChI is InChI=1S/C18H20BrFN2O/c1-12-4-6-14(7-5-12)11-22(3)13(2)18(23)21-17-9-8-15(19)10-16(17)20/h4-10,13H,11H2,1-3H3,(H,21,23). The van der Waals surface area contributed by atoms with Gasteiger partial charge < -0.3 is 5.32 Å². The van der Waals surface area contributed by atoms with Crippen molar-refractivity contribution in [2.75, 3.05) is 12.4 Å². The molecule has 0 aliphatic heterocycles. The number of nitrogens with zero attached hydrogens (tertiary/aromatic N) is 1. The van der Waals surface area contributed by atoms with Crippen molar-refractivity contribution in [3.63, 3.8) is 0 Å². The molecule has 0 aliphatic rings. The minimum Gasteiger partial charge on any atom is -0.322 e. The lowest BCUT2D eigenvalue weighted by molar-refractivity contribution is -0.120. The normalized spacial score (nSPS) is 12.3. The predicted octanol–water partition coefficient (Wildman–Crippen LogP) is 4.36. The van der Waals surface area contributed by atoms with Crippen molar-refractivity contribution in [2.45, 2.75) is 26.4 Å². The van der Waals surface area contributed by atoms with Gasteiger partial charge in [-0.1, -0.05) is 45.8 Å². The molecule has 5 heteroatoms. The number of carbonyl (C=O) groups excluding carboxylic acids is 1. The fraction of sp³-hybridized carbons (Fsp3) is 0.278. The maximum atomic E-state index is 13.8. The van der Waals surface area contributed by atoms with E-state index in [2.05, 4.69) is 21.2 Å². The highest BCUT2D eigenvalue weighted by Gasteiger charge is 2.19. The van der Waals surface area contributed by atoms with E-state index in [0.29, 0.717) is 11.0 Å². The molecule has 0 saturated heterocycles. The molecule has 0 spiro atoms. The Morgan fingerprint density at radius 1 is 1.26 bits per heavy atom. The van der Waals surface area contributed by atoms with Gasteiger partial charge in [0.2, 0.25) is 5.91 Å². The molecule has 3 nitrogen and oxygen atoms in total. The van der Waals surface area contributed by atoms with Gasteiger partial charge in [-0.25, -0.2) is 4.39 Å². The molecule has 2 rings (SSSR count). The van der Waals surface area contributed by atoms with Crippen LogP contribution < -0.4 is 5.32 Å². The predicted molar refractivity (Wildman–Crippen MR) is 94.8 cm³/mol. The summed E-state index contributed by atoms with van der Waals surface area (Å²) in [4.78, 5) is 14.2. The van der Waals surface area contributed by atoms with Crippen molar-refractivity contribution in [1.29, 1.82) is 0 Å².